The fraction of sp³-hybridized carbons (Fsp3) is 0.933. The van der Waals surface area contributed by atoms with Crippen molar-refractivity contribution >= 4 is 5.91 Å². The van der Waals surface area contributed by atoms with Gasteiger partial charge in [-0.1, -0.05) is 6.42 Å². The minimum Gasteiger partial charge on any atom is -0.394 e. The Morgan fingerprint density at radius 2 is 2.25 bits per heavy atom. The number of aliphatic hydroxyl groups excluding tert-OH is 1. The molecule has 2 saturated heterocycles. The molecule has 2 N–H and O–H groups in total. The van der Waals surface area contributed by atoms with E-state index in [-0.39, 0.29) is 30.3 Å². The highest BCUT2D eigenvalue weighted by Gasteiger charge is 2.45. The summed E-state index contributed by atoms with van der Waals surface area (Å²) in [6, 6.07) is -0.0178. The first-order valence-corrected chi connectivity index (χ1v) is 7.81. The molecule has 1 aliphatic carbocycles. The SMILES string of the molecule is CC1(C)CN(C(=O)C2NCC3CCCC32)CC(CO)O1. The minimum atomic E-state index is -0.380. The lowest BCUT2D eigenvalue weighted by Gasteiger charge is -2.43. The van der Waals surface area contributed by atoms with Crippen LogP contribution in [-0.2, 0) is 9.53 Å². The zero-order chi connectivity index (χ0) is 14.3. The quantitative estimate of drug-likeness (QED) is 0.768. The predicted molar refractivity (Wildman–Crippen MR) is 75.2 cm³/mol. The van der Waals surface area contributed by atoms with Crippen LogP contribution >= 0.6 is 0 Å². The number of nitrogens with one attached hydrogen (secondary N) is 1. The van der Waals surface area contributed by atoms with E-state index in [2.05, 4.69) is 5.32 Å². The van der Waals surface area contributed by atoms with Crippen molar-refractivity contribution in [3.63, 3.8) is 0 Å². The van der Waals surface area contributed by atoms with Gasteiger partial charge in [-0.25, -0.2) is 0 Å². The van der Waals surface area contributed by atoms with E-state index >= 15 is 0 Å². The molecule has 5 heteroatoms. The summed E-state index contributed by atoms with van der Waals surface area (Å²) in [6.07, 6.45) is 3.43. The number of nitrogens with zero attached hydrogens (tertiary/aromatic N) is 1. The van der Waals surface area contributed by atoms with Crippen LogP contribution in [0.1, 0.15) is 33.1 Å². The normalized spacial score (nSPS) is 39.9. The van der Waals surface area contributed by atoms with Crippen LogP contribution in [-0.4, -0.2) is 59.9 Å². The Kier molecular flexibility index (Phi) is 3.77. The van der Waals surface area contributed by atoms with Crippen molar-refractivity contribution in [3.05, 3.63) is 0 Å². The third kappa shape index (κ3) is 2.59. The first-order chi connectivity index (χ1) is 9.50. The van der Waals surface area contributed by atoms with Crippen molar-refractivity contribution in [3.8, 4) is 0 Å². The summed E-state index contributed by atoms with van der Waals surface area (Å²) in [5.74, 6) is 1.40. The molecule has 20 heavy (non-hydrogen) atoms. The number of ether oxygens (including phenoxy) is 1. The Morgan fingerprint density at radius 3 is 3.00 bits per heavy atom. The van der Waals surface area contributed by atoms with Crippen LogP contribution in [0.2, 0.25) is 0 Å². The van der Waals surface area contributed by atoms with Crippen LogP contribution in [0.25, 0.3) is 0 Å². The Morgan fingerprint density at radius 1 is 1.45 bits per heavy atom. The molecule has 3 fully saturated rings. The van der Waals surface area contributed by atoms with Crippen molar-refractivity contribution in [1.29, 1.82) is 0 Å². The van der Waals surface area contributed by atoms with Crippen LogP contribution in [0.5, 0.6) is 0 Å². The molecule has 1 amide bonds. The lowest BCUT2D eigenvalue weighted by molar-refractivity contribution is -0.168. The molecular weight excluding hydrogens is 256 g/mol. The van der Waals surface area contributed by atoms with Crippen molar-refractivity contribution in [2.45, 2.75) is 50.9 Å². The van der Waals surface area contributed by atoms with Crippen molar-refractivity contribution in [2.24, 2.45) is 11.8 Å². The van der Waals surface area contributed by atoms with E-state index in [0.29, 0.717) is 24.9 Å². The second-order valence-corrected chi connectivity index (χ2v) is 7.14. The largest absolute Gasteiger partial charge is 0.394 e. The zero-order valence-corrected chi connectivity index (χ0v) is 12.5. The van der Waals surface area contributed by atoms with Gasteiger partial charge >= 0.3 is 0 Å². The van der Waals surface area contributed by atoms with Crippen LogP contribution in [0.15, 0.2) is 0 Å². The number of fused-ring (bicyclic) bond motifs is 1. The number of aliphatic hydroxyl groups is 1. The number of carbonyl (C=O) groups is 1. The van der Waals surface area contributed by atoms with Gasteiger partial charge in [-0.3, -0.25) is 4.79 Å². The van der Waals surface area contributed by atoms with Gasteiger partial charge in [0.1, 0.15) is 0 Å². The average Bonchev–Trinajstić information content (AvgIpc) is 2.98. The number of amides is 1. The van der Waals surface area contributed by atoms with Gasteiger partial charge in [0.05, 0.1) is 24.4 Å². The van der Waals surface area contributed by atoms with Gasteiger partial charge in [0.25, 0.3) is 0 Å². The van der Waals surface area contributed by atoms with Gasteiger partial charge in [-0.05, 0) is 45.1 Å². The highest BCUT2D eigenvalue weighted by molar-refractivity contribution is 5.83. The smallest absolute Gasteiger partial charge is 0.240 e. The molecule has 0 bridgehead atoms. The predicted octanol–water partition coefficient (Wildman–Crippen LogP) is 0.373. The molecule has 0 spiro atoms. The third-order valence-corrected chi connectivity index (χ3v) is 5.01. The maximum absolute atomic E-state index is 12.8. The Balaban J connectivity index is 1.70. The molecule has 0 radical (unpaired) electrons. The minimum absolute atomic E-state index is 0.0178. The summed E-state index contributed by atoms with van der Waals surface area (Å²) in [5.41, 5.74) is -0.380. The number of morpholine rings is 1. The van der Waals surface area contributed by atoms with Gasteiger partial charge in [-0.15, -0.1) is 0 Å². The Bertz CT molecular complexity index is 385. The molecule has 2 aliphatic heterocycles. The van der Waals surface area contributed by atoms with E-state index in [1.807, 2.05) is 18.7 Å². The molecule has 4 atom stereocenters. The van der Waals surface area contributed by atoms with Gasteiger partial charge in [0, 0.05) is 13.1 Å². The highest BCUT2D eigenvalue weighted by Crippen LogP contribution is 2.38. The van der Waals surface area contributed by atoms with Gasteiger partial charge in [0.15, 0.2) is 0 Å². The summed E-state index contributed by atoms with van der Waals surface area (Å²) in [5, 5.41) is 12.8. The fourth-order valence-electron chi connectivity index (χ4n) is 4.21. The first kappa shape index (κ1) is 14.3. The number of carbonyl (C=O) groups excluding carboxylic acids is 1. The average molecular weight is 282 g/mol. The monoisotopic (exact) mass is 282 g/mol. The second kappa shape index (κ2) is 5.28. The first-order valence-electron chi connectivity index (χ1n) is 7.81. The zero-order valence-electron chi connectivity index (χ0n) is 12.5. The van der Waals surface area contributed by atoms with Gasteiger partial charge in [-0.2, -0.15) is 0 Å². The lowest BCUT2D eigenvalue weighted by atomic mass is 9.92. The molecule has 0 aromatic rings. The van der Waals surface area contributed by atoms with E-state index in [9.17, 15) is 9.90 Å². The Hall–Kier alpha value is -0.650. The molecule has 0 aromatic heterocycles. The number of rotatable bonds is 2. The molecular formula is C15H26N2O3. The topological polar surface area (TPSA) is 61.8 Å². The van der Waals surface area contributed by atoms with E-state index < -0.39 is 0 Å². The van der Waals surface area contributed by atoms with Crippen molar-refractivity contribution in [1.82, 2.24) is 10.2 Å². The van der Waals surface area contributed by atoms with Crippen molar-refractivity contribution in [2.75, 3.05) is 26.2 Å². The summed E-state index contributed by atoms with van der Waals surface area (Å²) in [6.45, 7) is 6.03. The van der Waals surface area contributed by atoms with Crippen LogP contribution < -0.4 is 5.32 Å². The summed E-state index contributed by atoms with van der Waals surface area (Å²) in [7, 11) is 0. The van der Waals surface area contributed by atoms with E-state index in [1.165, 1.54) is 19.3 Å². The highest BCUT2D eigenvalue weighted by atomic mass is 16.5. The molecule has 3 aliphatic rings. The third-order valence-electron chi connectivity index (χ3n) is 5.01. The number of hydrogen-bond acceptors (Lipinski definition) is 4. The summed E-state index contributed by atoms with van der Waals surface area (Å²) in [4.78, 5) is 14.7. The number of hydrogen-bond donors (Lipinski definition) is 2. The van der Waals surface area contributed by atoms with Gasteiger partial charge < -0.3 is 20.1 Å². The molecule has 0 aromatic carbocycles. The molecule has 5 nitrogen and oxygen atoms in total. The lowest BCUT2D eigenvalue weighted by Crippen LogP contribution is -2.59. The maximum atomic E-state index is 12.8. The maximum Gasteiger partial charge on any atom is 0.240 e. The van der Waals surface area contributed by atoms with Crippen molar-refractivity contribution < 1.29 is 14.6 Å². The van der Waals surface area contributed by atoms with Crippen LogP contribution in [0.3, 0.4) is 0 Å². The molecule has 4 unspecified atom stereocenters. The second-order valence-electron chi connectivity index (χ2n) is 7.14. The molecule has 3 rings (SSSR count). The fourth-order valence-corrected chi connectivity index (χ4v) is 4.21. The summed E-state index contributed by atoms with van der Waals surface area (Å²) >= 11 is 0. The summed E-state index contributed by atoms with van der Waals surface area (Å²) < 4.78 is 5.79. The van der Waals surface area contributed by atoms with E-state index in [1.54, 1.807) is 0 Å². The standard InChI is InChI=1S/C15H26N2O3/c1-15(2)9-17(7-11(8-18)20-15)14(19)13-12-5-3-4-10(12)6-16-13/h10-13,16,18H,3-9H2,1-2H3. The molecule has 1 saturated carbocycles. The van der Waals surface area contributed by atoms with Gasteiger partial charge in [0.2, 0.25) is 5.91 Å². The van der Waals surface area contributed by atoms with Crippen LogP contribution in [0, 0.1) is 11.8 Å². The molecule has 114 valence electrons. The molecule has 2 heterocycles. The Labute approximate surface area is 120 Å². The van der Waals surface area contributed by atoms with Crippen LogP contribution in [0.4, 0.5) is 0 Å². The van der Waals surface area contributed by atoms with E-state index in [4.69, 9.17) is 4.74 Å². The van der Waals surface area contributed by atoms with E-state index in [0.717, 1.165) is 6.54 Å².